The van der Waals surface area contributed by atoms with Gasteiger partial charge in [0.25, 0.3) is 0 Å². The minimum Gasteiger partial charge on any atom is -0.497 e. The second-order valence-electron chi connectivity index (χ2n) is 4.42. The lowest BCUT2D eigenvalue weighted by molar-refractivity contribution is 0.415. The highest BCUT2D eigenvalue weighted by molar-refractivity contribution is 5.84. The summed E-state index contributed by atoms with van der Waals surface area (Å²) >= 11 is 0. The van der Waals surface area contributed by atoms with E-state index in [0.29, 0.717) is 0 Å². The van der Waals surface area contributed by atoms with E-state index in [2.05, 4.69) is 22.1 Å². The number of rotatable bonds is 3. The molecule has 1 aromatic heterocycles. The van der Waals surface area contributed by atoms with Gasteiger partial charge in [-0.2, -0.15) is 0 Å². The second kappa shape index (κ2) is 4.74. The fraction of sp³-hybridized carbons (Fsp3) is 0.133. The summed E-state index contributed by atoms with van der Waals surface area (Å²) in [4.78, 5) is 7.25. The average Bonchev–Trinajstić information content (AvgIpc) is 2.99. The molecule has 0 aliphatic heterocycles. The summed E-state index contributed by atoms with van der Waals surface area (Å²) in [5.41, 5.74) is 7.22. The molecule has 96 valence electrons. The van der Waals surface area contributed by atoms with Gasteiger partial charge in [-0.05, 0) is 34.5 Å². The van der Waals surface area contributed by atoms with Gasteiger partial charge in [-0.3, -0.25) is 0 Å². The Kier molecular flexibility index (Phi) is 2.93. The van der Waals surface area contributed by atoms with E-state index in [-0.39, 0.29) is 6.04 Å². The first kappa shape index (κ1) is 11.7. The van der Waals surface area contributed by atoms with Crippen molar-refractivity contribution in [3.63, 3.8) is 0 Å². The van der Waals surface area contributed by atoms with Gasteiger partial charge in [-0.15, -0.1) is 0 Å². The molecule has 0 radical (unpaired) electrons. The SMILES string of the molecule is COc1ccc2cc(C(N)c3ncc[nH]3)ccc2c1. The Bertz CT molecular complexity index is 692. The van der Waals surface area contributed by atoms with Crippen LogP contribution in [0.1, 0.15) is 17.4 Å². The van der Waals surface area contributed by atoms with Crippen LogP contribution >= 0.6 is 0 Å². The van der Waals surface area contributed by atoms with E-state index in [1.165, 1.54) is 0 Å². The number of H-pyrrole nitrogens is 1. The highest BCUT2D eigenvalue weighted by Crippen LogP contribution is 2.25. The van der Waals surface area contributed by atoms with Gasteiger partial charge in [-0.1, -0.05) is 18.2 Å². The molecule has 0 spiro atoms. The number of aromatic amines is 1. The van der Waals surface area contributed by atoms with Crippen molar-refractivity contribution < 1.29 is 4.74 Å². The maximum atomic E-state index is 6.19. The third-order valence-electron chi connectivity index (χ3n) is 3.24. The fourth-order valence-electron chi connectivity index (χ4n) is 2.17. The predicted molar refractivity (Wildman–Crippen MR) is 75.1 cm³/mol. The molecule has 3 N–H and O–H groups in total. The van der Waals surface area contributed by atoms with Crippen LogP contribution in [-0.4, -0.2) is 17.1 Å². The normalized spacial score (nSPS) is 12.5. The molecule has 0 aliphatic carbocycles. The number of hydrogen-bond acceptors (Lipinski definition) is 3. The second-order valence-corrected chi connectivity index (χ2v) is 4.42. The van der Waals surface area contributed by atoms with Crippen molar-refractivity contribution in [2.24, 2.45) is 5.73 Å². The molecule has 0 saturated carbocycles. The number of benzene rings is 2. The van der Waals surface area contributed by atoms with Crippen molar-refractivity contribution >= 4 is 10.8 Å². The number of nitrogens with zero attached hydrogens (tertiary/aromatic N) is 1. The minimum atomic E-state index is -0.235. The summed E-state index contributed by atoms with van der Waals surface area (Å²) in [5, 5.41) is 2.27. The topological polar surface area (TPSA) is 63.9 Å². The Hall–Kier alpha value is -2.33. The fourth-order valence-corrected chi connectivity index (χ4v) is 2.17. The molecule has 0 saturated heterocycles. The van der Waals surface area contributed by atoms with Crippen LogP contribution in [0.3, 0.4) is 0 Å². The molecule has 1 unspecified atom stereocenters. The molecule has 0 aliphatic rings. The Balaban J connectivity index is 2.02. The molecule has 0 fully saturated rings. The molecule has 3 aromatic rings. The number of methoxy groups -OCH3 is 1. The molecular weight excluding hydrogens is 238 g/mol. The number of aromatic nitrogens is 2. The first-order valence-electron chi connectivity index (χ1n) is 6.10. The van der Waals surface area contributed by atoms with Crippen molar-refractivity contribution in [2.45, 2.75) is 6.04 Å². The molecule has 19 heavy (non-hydrogen) atoms. The van der Waals surface area contributed by atoms with Crippen molar-refractivity contribution in [3.8, 4) is 5.75 Å². The highest BCUT2D eigenvalue weighted by Gasteiger charge is 2.11. The van der Waals surface area contributed by atoms with E-state index in [1.807, 2.05) is 24.3 Å². The van der Waals surface area contributed by atoms with E-state index in [9.17, 15) is 0 Å². The first-order valence-corrected chi connectivity index (χ1v) is 6.10. The minimum absolute atomic E-state index is 0.235. The summed E-state index contributed by atoms with van der Waals surface area (Å²) in [5.74, 6) is 1.63. The summed E-state index contributed by atoms with van der Waals surface area (Å²) in [6.45, 7) is 0. The number of fused-ring (bicyclic) bond motifs is 1. The Morgan fingerprint density at radius 3 is 2.68 bits per heavy atom. The quantitative estimate of drug-likeness (QED) is 0.754. The molecule has 0 bridgehead atoms. The summed E-state index contributed by atoms with van der Waals surface area (Å²) < 4.78 is 5.22. The maximum absolute atomic E-state index is 6.19. The van der Waals surface area contributed by atoms with Crippen LogP contribution in [-0.2, 0) is 0 Å². The molecule has 3 rings (SSSR count). The van der Waals surface area contributed by atoms with Crippen LogP contribution in [0.25, 0.3) is 10.8 Å². The number of ether oxygens (including phenoxy) is 1. The molecular formula is C15H15N3O. The molecule has 4 heteroatoms. The average molecular weight is 253 g/mol. The smallest absolute Gasteiger partial charge is 0.127 e. The molecule has 1 heterocycles. The zero-order valence-electron chi connectivity index (χ0n) is 10.6. The van der Waals surface area contributed by atoms with Crippen LogP contribution in [0, 0.1) is 0 Å². The number of nitrogens with one attached hydrogen (secondary N) is 1. The third-order valence-corrected chi connectivity index (χ3v) is 3.24. The van der Waals surface area contributed by atoms with E-state index in [0.717, 1.165) is 27.9 Å². The summed E-state index contributed by atoms with van der Waals surface area (Å²) in [7, 11) is 1.67. The van der Waals surface area contributed by atoms with Crippen LogP contribution in [0.5, 0.6) is 5.75 Å². The van der Waals surface area contributed by atoms with Gasteiger partial charge in [0.05, 0.1) is 13.2 Å². The Morgan fingerprint density at radius 2 is 1.95 bits per heavy atom. The van der Waals surface area contributed by atoms with Crippen molar-refractivity contribution in [3.05, 3.63) is 60.2 Å². The zero-order chi connectivity index (χ0) is 13.2. The lowest BCUT2D eigenvalue weighted by Gasteiger charge is -2.11. The number of nitrogens with two attached hydrogens (primary N) is 1. The monoisotopic (exact) mass is 253 g/mol. The lowest BCUT2D eigenvalue weighted by atomic mass is 10.0. The van der Waals surface area contributed by atoms with E-state index in [4.69, 9.17) is 10.5 Å². The maximum Gasteiger partial charge on any atom is 0.127 e. The lowest BCUT2D eigenvalue weighted by Crippen LogP contribution is -2.13. The summed E-state index contributed by atoms with van der Waals surface area (Å²) in [6, 6.07) is 11.9. The van der Waals surface area contributed by atoms with Gasteiger partial charge < -0.3 is 15.5 Å². The third kappa shape index (κ3) is 2.18. The van der Waals surface area contributed by atoms with Crippen LogP contribution in [0.4, 0.5) is 0 Å². The van der Waals surface area contributed by atoms with E-state index >= 15 is 0 Å². The molecule has 0 amide bonds. The first-order chi connectivity index (χ1) is 9.28. The molecule has 2 aromatic carbocycles. The number of hydrogen-bond donors (Lipinski definition) is 2. The van der Waals surface area contributed by atoms with Crippen LogP contribution in [0.2, 0.25) is 0 Å². The Labute approximate surface area is 111 Å². The standard InChI is InChI=1S/C15H15N3O/c1-19-13-5-4-10-8-12(3-2-11(10)9-13)14(16)15-17-6-7-18-15/h2-9,14H,16H2,1H3,(H,17,18). The van der Waals surface area contributed by atoms with Gasteiger partial charge in [0, 0.05) is 12.4 Å². The van der Waals surface area contributed by atoms with Crippen molar-refractivity contribution in [1.29, 1.82) is 0 Å². The number of imidazole rings is 1. The predicted octanol–water partition coefficient (Wildman–Crippen LogP) is 2.62. The summed E-state index contributed by atoms with van der Waals surface area (Å²) in [6.07, 6.45) is 3.49. The Morgan fingerprint density at radius 1 is 1.16 bits per heavy atom. The van der Waals surface area contributed by atoms with Gasteiger partial charge in [0.1, 0.15) is 11.6 Å². The van der Waals surface area contributed by atoms with Crippen molar-refractivity contribution in [2.75, 3.05) is 7.11 Å². The van der Waals surface area contributed by atoms with Gasteiger partial charge in [-0.25, -0.2) is 4.98 Å². The zero-order valence-corrected chi connectivity index (χ0v) is 10.6. The molecule has 4 nitrogen and oxygen atoms in total. The van der Waals surface area contributed by atoms with Gasteiger partial charge >= 0.3 is 0 Å². The van der Waals surface area contributed by atoms with Gasteiger partial charge in [0.15, 0.2) is 0 Å². The highest BCUT2D eigenvalue weighted by atomic mass is 16.5. The van der Waals surface area contributed by atoms with E-state index < -0.39 is 0 Å². The van der Waals surface area contributed by atoms with Crippen LogP contribution in [0.15, 0.2) is 48.8 Å². The van der Waals surface area contributed by atoms with Gasteiger partial charge in [0.2, 0.25) is 0 Å². The van der Waals surface area contributed by atoms with Crippen LogP contribution < -0.4 is 10.5 Å². The van der Waals surface area contributed by atoms with Crippen molar-refractivity contribution in [1.82, 2.24) is 9.97 Å². The molecule has 1 atom stereocenters. The van der Waals surface area contributed by atoms with E-state index in [1.54, 1.807) is 19.5 Å². The largest absolute Gasteiger partial charge is 0.497 e.